The molecule has 0 atom stereocenters. The molecule has 0 fully saturated rings. The smallest absolute Gasteiger partial charge is 0.262 e. The second-order valence-corrected chi connectivity index (χ2v) is 7.11. The van der Waals surface area contributed by atoms with Gasteiger partial charge in [-0.3, -0.25) is 19.3 Å². The summed E-state index contributed by atoms with van der Waals surface area (Å²) in [4.78, 5) is 38.2. The first-order valence-electron chi connectivity index (χ1n) is 8.55. The van der Waals surface area contributed by atoms with Crippen LogP contribution < -0.4 is 5.32 Å². The molecule has 2 heterocycles. The molecule has 8 heteroatoms. The van der Waals surface area contributed by atoms with Crippen molar-refractivity contribution in [1.82, 2.24) is 14.7 Å². The van der Waals surface area contributed by atoms with Crippen LogP contribution >= 0.6 is 15.9 Å². The zero-order valence-corrected chi connectivity index (χ0v) is 16.2. The van der Waals surface area contributed by atoms with Crippen LogP contribution in [0.3, 0.4) is 0 Å². The van der Waals surface area contributed by atoms with Crippen molar-refractivity contribution in [1.29, 1.82) is 0 Å². The van der Waals surface area contributed by atoms with Gasteiger partial charge in [0.1, 0.15) is 12.4 Å². The molecular weight excluding hydrogens is 424 g/mol. The van der Waals surface area contributed by atoms with E-state index < -0.39 is 17.7 Å². The SMILES string of the molecule is O=C(CN1C(=O)c2ccccc2C1=O)Nc1ccnn1Cc1ccccc1Br. The molecule has 0 unspecified atom stereocenters. The van der Waals surface area contributed by atoms with Crippen LogP contribution in [0.1, 0.15) is 26.3 Å². The van der Waals surface area contributed by atoms with Crippen LogP contribution in [0.5, 0.6) is 0 Å². The number of imide groups is 1. The van der Waals surface area contributed by atoms with Gasteiger partial charge in [0.15, 0.2) is 0 Å². The van der Waals surface area contributed by atoms with Crippen molar-refractivity contribution >= 4 is 39.5 Å². The second-order valence-electron chi connectivity index (χ2n) is 6.26. The van der Waals surface area contributed by atoms with E-state index >= 15 is 0 Å². The number of carbonyl (C=O) groups is 3. The third-order valence-electron chi connectivity index (χ3n) is 4.44. The maximum atomic E-state index is 12.5. The van der Waals surface area contributed by atoms with Gasteiger partial charge >= 0.3 is 0 Å². The number of amides is 3. The molecule has 1 aliphatic heterocycles. The van der Waals surface area contributed by atoms with E-state index in [0.29, 0.717) is 23.5 Å². The molecule has 140 valence electrons. The van der Waals surface area contributed by atoms with E-state index in [2.05, 4.69) is 26.3 Å². The summed E-state index contributed by atoms with van der Waals surface area (Å²) in [5.74, 6) is -0.907. The molecular formula is C20H15BrN4O3. The highest BCUT2D eigenvalue weighted by molar-refractivity contribution is 9.10. The van der Waals surface area contributed by atoms with Crippen LogP contribution in [0.25, 0.3) is 0 Å². The molecule has 1 aromatic heterocycles. The first-order valence-corrected chi connectivity index (χ1v) is 9.34. The molecule has 4 rings (SSSR count). The number of anilines is 1. The summed E-state index contributed by atoms with van der Waals surface area (Å²) >= 11 is 3.49. The van der Waals surface area contributed by atoms with E-state index in [9.17, 15) is 14.4 Å². The van der Waals surface area contributed by atoms with E-state index in [1.54, 1.807) is 41.2 Å². The number of aromatic nitrogens is 2. The van der Waals surface area contributed by atoms with Crippen LogP contribution in [-0.2, 0) is 11.3 Å². The number of nitrogens with zero attached hydrogens (tertiary/aromatic N) is 3. The first kappa shape index (κ1) is 18.1. The molecule has 1 aliphatic rings. The molecule has 0 bridgehead atoms. The van der Waals surface area contributed by atoms with Crippen molar-refractivity contribution in [3.8, 4) is 0 Å². The molecule has 28 heavy (non-hydrogen) atoms. The van der Waals surface area contributed by atoms with Crippen LogP contribution in [0.2, 0.25) is 0 Å². The molecule has 0 radical (unpaired) electrons. The summed E-state index contributed by atoms with van der Waals surface area (Å²) in [5.41, 5.74) is 1.64. The molecule has 0 saturated carbocycles. The van der Waals surface area contributed by atoms with Gasteiger partial charge in [0.25, 0.3) is 11.8 Å². The number of hydrogen-bond donors (Lipinski definition) is 1. The first-order chi connectivity index (χ1) is 13.5. The van der Waals surface area contributed by atoms with Crippen LogP contribution in [0, 0.1) is 0 Å². The minimum atomic E-state index is -0.469. The lowest BCUT2D eigenvalue weighted by Crippen LogP contribution is -2.37. The van der Waals surface area contributed by atoms with E-state index in [-0.39, 0.29) is 6.54 Å². The highest BCUT2D eigenvalue weighted by Gasteiger charge is 2.36. The molecule has 3 aromatic rings. The maximum Gasteiger partial charge on any atom is 0.262 e. The van der Waals surface area contributed by atoms with Crippen LogP contribution in [0.15, 0.2) is 65.3 Å². The Balaban J connectivity index is 1.46. The predicted octanol–water partition coefficient (Wildman–Crippen LogP) is 2.93. The fraction of sp³-hybridized carbons (Fsp3) is 0.100. The monoisotopic (exact) mass is 438 g/mol. The van der Waals surface area contributed by atoms with Gasteiger partial charge in [-0.2, -0.15) is 5.10 Å². The predicted molar refractivity (Wildman–Crippen MR) is 106 cm³/mol. The number of halogens is 1. The Bertz CT molecular complexity index is 1060. The molecule has 1 N–H and O–H groups in total. The second kappa shape index (κ2) is 7.40. The number of hydrogen-bond acceptors (Lipinski definition) is 4. The highest BCUT2D eigenvalue weighted by Crippen LogP contribution is 2.22. The van der Waals surface area contributed by atoms with Gasteiger partial charge in [-0.15, -0.1) is 0 Å². The Morgan fingerprint density at radius 3 is 2.29 bits per heavy atom. The minimum Gasteiger partial charge on any atom is -0.309 e. The molecule has 0 saturated heterocycles. The lowest BCUT2D eigenvalue weighted by Gasteiger charge is -2.14. The third kappa shape index (κ3) is 3.34. The Kier molecular flexibility index (Phi) is 4.79. The number of rotatable bonds is 5. The van der Waals surface area contributed by atoms with Gasteiger partial charge in [0.05, 0.1) is 23.9 Å². The van der Waals surface area contributed by atoms with Gasteiger partial charge in [0.2, 0.25) is 5.91 Å². The number of nitrogens with one attached hydrogen (secondary N) is 1. The van der Waals surface area contributed by atoms with Crippen molar-refractivity contribution in [2.75, 3.05) is 11.9 Å². The van der Waals surface area contributed by atoms with E-state index in [4.69, 9.17) is 0 Å². The van der Waals surface area contributed by atoms with Crippen molar-refractivity contribution in [3.05, 3.63) is 82.0 Å². The van der Waals surface area contributed by atoms with E-state index in [0.717, 1.165) is 14.9 Å². The van der Waals surface area contributed by atoms with Gasteiger partial charge in [-0.25, -0.2) is 4.68 Å². The lowest BCUT2D eigenvalue weighted by molar-refractivity contribution is -0.116. The zero-order valence-electron chi connectivity index (χ0n) is 14.6. The fourth-order valence-corrected chi connectivity index (χ4v) is 3.47. The summed E-state index contributed by atoms with van der Waals surface area (Å²) in [5, 5.41) is 6.96. The largest absolute Gasteiger partial charge is 0.309 e. The normalized spacial score (nSPS) is 13.0. The van der Waals surface area contributed by atoms with Crippen molar-refractivity contribution in [2.45, 2.75) is 6.54 Å². The van der Waals surface area contributed by atoms with Crippen molar-refractivity contribution in [2.24, 2.45) is 0 Å². The molecule has 7 nitrogen and oxygen atoms in total. The summed E-state index contributed by atoms with van der Waals surface area (Å²) in [6.07, 6.45) is 1.58. The number of benzene rings is 2. The lowest BCUT2D eigenvalue weighted by atomic mass is 10.1. The molecule has 2 aromatic carbocycles. The van der Waals surface area contributed by atoms with Crippen molar-refractivity contribution < 1.29 is 14.4 Å². The molecule has 3 amide bonds. The molecule has 0 spiro atoms. The number of fused-ring (bicyclic) bond motifs is 1. The topological polar surface area (TPSA) is 84.3 Å². The summed E-state index contributed by atoms with van der Waals surface area (Å²) in [6.45, 7) is 0.101. The summed E-state index contributed by atoms with van der Waals surface area (Å²) in [6, 6.07) is 15.9. The van der Waals surface area contributed by atoms with E-state index in [1.807, 2.05) is 24.3 Å². The Morgan fingerprint density at radius 2 is 1.61 bits per heavy atom. The highest BCUT2D eigenvalue weighted by atomic mass is 79.9. The van der Waals surface area contributed by atoms with Crippen LogP contribution in [-0.4, -0.2) is 38.9 Å². The zero-order chi connectivity index (χ0) is 19.7. The van der Waals surface area contributed by atoms with Gasteiger partial charge in [-0.1, -0.05) is 46.3 Å². The average molecular weight is 439 g/mol. The van der Waals surface area contributed by atoms with Crippen molar-refractivity contribution in [3.63, 3.8) is 0 Å². The Hall–Kier alpha value is -3.26. The van der Waals surface area contributed by atoms with Crippen LogP contribution in [0.4, 0.5) is 5.82 Å². The average Bonchev–Trinajstić information content (AvgIpc) is 3.22. The van der Waals surface area contributed by atoms with Gasteiger partial charge < -0.3 is 5.32 Å². The molecule has 0 aliphatic carbocycles. The summed E-state index contributed by atoms with van der Waals surface area (Å²) in [7, 11) is 0. The quantitative estimate of drug-likeness (QED) is 0.620. The third-order valence-corrected chi connectivity index (χ3v) is 5.22. The standard InChI is InChI=1S/C20H15BrN4O3/c21-16-8-4-1-5-13(16)11-25-17(9-10-22-25)23-18(26)12-24-19(27)14-6-2-3-7-15(14)20(24)28/h1-10H,11-12H2,(H,23,26). The number of carbonyl (C=O) groups excluding carboxylic acids is 3. The van der Waals surface area contributed by atoms with E-state index in [1.165, 1.54) is 0 Å². The Labute approximate surface area is 169 Å². The van der Waals surface area contributed by atoms with Gasteiger partial charge in [-0.05, 0) is 23.8 Å². The maximum absolute atomic E-state index is 12.5. The minimum absolute atomic E-state index is 0.319. The summed E-state index contributed by atoms with van der Waals surface area (Å²) < 4.78 is 2.58. The van der Waals surface area contributed by atoms with Gasteiger partial charge in [0, 0.05) is 10.5 Å². The Morgan fingerprint density at radius 1 is 0.964 bits per heavy atom. The fourth-order valence-electron chi connectivity index (χ4n) is 3.06.